The quantitative estimate of drug-likeness (QED) is 0.316. The summed E-state index contributed by atoms with van der Waals surface area (Å²) in [4.78, 5) is 36.8. The third kappa shape index (κ3) is 6.16. The Kier molecular flexibility index (Phi) is 7.63. The topological polar surface area (TPSA) is 84.2 Å². The number of nitrogens with one attached hydrogen (secondary N) is 2. The number of rotatable bonds is 9. The second kappa shape index (κ2) is 11.5. The van der Waals surface area contributed by atoms with Gasteiger partial charge in [-0.1, -0.05) is 12.1 Å². The average molecular weight is 544 g/mol. The largest absolute Gasteiger partial charge is 0.347 e. The Bertz CT molecular complexity index is 1300. The Morgan fingerprint density at radius 1 is 0.923 bits per heavy atom. The van der Waals surface area contributed by atoms with E-state index in [1.54, 1.807) is 29.7 Å². The van der Waals surface area contributed by atoms with E-state index >= 15 is 0 Å². The molecule has 0 radical (unpaired) electrons. The van der Waals surface area contributed by atoms with E-state index in [0.29, 0.717) is 24.1 Å². The van der Waals surface area contributed by atoms with Crippen molar-refractivity contribution in [1.82, 2.24) is 34.6 Å². The van der Waals surface area contributed by atoms with Gasteiger partial charge in [0.1, 0.15) is 11.6 Å². The van der Waals surface area contributed by atoms with Gasteiger partial charge in [0.15, 0.2) is 0 Å². The minimum absolute atomic E-state index is 0.0287. The number of aromatic nitrogens is 4. The van der Waals surface area contributed by atoms with Gasteiger partial charge < -0.3 is 14.9 Å². The van der Waals surface area contributed by atoms with Crippen LogP contribution < -0.4 is 0 Å². The summed E-state index contributed by atoms with van der Waals surface area (Å²) in [5.74, 6) is 1.47. The van der Waals surface area contributed by atoms with Gasteiger partial charge in [-0.3, -0.25) is 14.6 Å². The fourth-order valence-corrected chi connectivity index (χ4v) is 7.00. The second-order valence-electron chi connectivity index (χ2n) is 11.2. The van der Waals surface area contributed by atoms with Crippen LogP contribution in [-0.2, 0) is 26.2 Å². The number of amides is 1. The molecule has 1 amide bonds. The van der Waals surface area contributed by atoms with Gasteiger partial charge in [-0.15, -0.1) is 11.3 Å². The predicted octanol–water partition coefficient (Wildman–Crippen LogP) is 4.83. The maximum atomic E-state index is 13.4. The van der Waals surface area contributed by atoms with Gasteiger partial charge in [-0.05, 0) is 85.9 Å². The maximum absolute atomic E-state index is 13.4. The Morgan fingerprint density at radius 3 is 2.13 bits per heavy atom. The van der Waals surface area contributed by atoms with Crippen molar-refractivity contribution in [3.63, 3.8) is 0 Å². The molecule has 0 saturated carbocycles. The first-order valence-corrected chi connectivity index (χ1v) is 14.8. The molecule has 2 fully saturated rings. The van der Waals surface area contributed by atoms with Crippen molar-refractivity contribution in [2.75, 3.05) is 26.2 Å². The van der Waals surface area contributed by atoms with E-state index in [1.165, 1.54) is 54.9 Å². The number of aromatic amines is 2. The van der Waals surface area contributed by atoms with Crippen LogP contribution in [-0.4, -0.2) is 66.7 Å². The van der Waals surface area contributed by atoms with Crippen LogP contribution in [0.15, 0.2) is 60.5 Å². The van der Waals surface area contributed by atoms with Crippen molar-refractivity contribution in [1.29, 1.82) is 0 Å². The van der Waals surface area contributed by atoms with Gasteiger partial charge >= 0.3 is 0 Å². The molecule has 2 saturated heterocycles. The molecule has 5 heterocycles. The minimum Gasteiger partial charge on any atom is -0.347 e. The van der Waals surface area contributed by atoms with Crippen LogP contribution in [0, 0.1) is 12.3 Å². The number of hydrogen-bond acceptors (Lipinski definition) is 6. The molecule has 4 aromatic rings. The first-order chi connectivity index (χ1) is 19.1. The van der Waals surface area contributed by atoms with E-state index in [4.69, 9.17) is 0 Å². The van der Waals surface area contributed by atoms with Crippen LogP contribution >= 0.6 is 11.3 Å². The van der Waals surface area contributed by atoms with Gasteiger partial charge in [0.25, 0.3) is 5.91 Å². The van der Waals surface area contributed by atoms with E-state index < -0.39 is 0 Å². The molecule has 0 unspecified atom stereocenters. The summed E-state index contributed by atoms with van der Waals surface area (Å²) in [5.41, 5.74) is 3.85. The normalized spacial score (nSPS) is 17.7. The number of nitrogens with zero attached hydrogens (tertiary/aromatic N) is 5. The molecule has 6 rings (SSSR count). The lowest BCUT2D eigenvalue weighted by Gasteiger charge is -2.39. The van der Waals surface area contributed by atoms with Crippen LogP contribution in [0.25, 0.3) is 0 Å². The number of imidazole rings is 2. The summed E-state index contributed by atoms with van der Waals surface area (Å²) in [7, 11) is 0. The fourth-order valence-electron chi connectivity index (χ4n) is 6.05. The third-order valence-corrected chi connectivity index (χ3v) is 9.46. The number of likely N-dealkylation sites (tertiary alicyclic amines) is 2. The highest BCUT2D eigenvalue weighted by Crippen LogP contribution is 2.41. The fraction of sp³-hybridized carbons (Fsp3) is 0.433. The molecule has 0 bridgehead atoms. The molecule has 2 N–H and O–H groups in total. The Hall–Kier alpha value is -3.27. The molecule has 9 heteroatoms. The van der Waals surface area contributed by atoms with Crippen molar-refractivity contribution < 1.29 is 4.79 Å². The number of thiophene rings is 1. The van der Waals surface area contributed by atoms with Gasteiger partial charge in [0.2, 0.25) is 0 Å². The summed E-state index contributed by atoms with van der Waals surface area (Å²) < 4.78 is 0. The van der Waals surface area contributed by atoms with Gasteiger partial charge in [-0.25, -0.2) is 9.97 Å². The van der Waals surface area contributed by atoms with Crippen LogP contribution in [0.2, 0.25) is 0 Å². The zero-order chi connectivity index (χ0) is 26.7. The van der Waals surface area contributed by atoms with Crippen LogP contribution in [0.3, 0.4) is 0 Å². The standard InChI is InChI=1S/C30H37N7OS/c1-23-6-17-39-26(23)19-35-14-7-30(8-15-35)9-16-36(22-30)18-24-2-4-25(5-3-24)29(38)37(20-27-31-10-11-32-27)21-28-33-12-13-34-28/h2-6,10-13,17H,7-9,14-16,18-22H2,1H3,(H,31,32)(H,33,34). The number of benzene rings is 1. The third-order valence-electron chi connectivity index (χ3n) is 8.45. The zero-order valence-corrected chi connectivity index (χ0v) is 23.4. The van der Waals surface area contributed by atoms with Crippen molar-refractivity contribution in [2.24, 2.45) is 5.41 Å². The highest BCUT2D eigenvalue weighted by Gasteiger charge is 2.40. The van der Waals surface area contributed by atoms with E-state index in [0.717, 1.165) is 31.3 Å². The van der Waals surface area contributed by atoms with Crippen molar-refractivity contribution in [2.45, 2.75) is 52.4 Å². The SMILES string of the molecule is Cc1ccsc1CN1CCC2(CC1)CCN(Cc1ccc(C(=O)N(Cc3ncc[nH]3)Cc3ncc[nH]3)cc1)C2. The van der Waals surface area contributed by atoms with E-state index in [9.17, 15) is 4.79 Å². The molecule has 2 aliphatic heterocycles. The molecule has 0 aliphatic carbocycles. The average Bonchev–Trinajstić information content (AvgIpc) is 3.77. The van der Waals surface area contributed by atoms with Crippen molar-refractivity contribution in [3.05, 3.63) is 93.7 Å². The van der Waals surface area contributed by atoms with E-state index in [2.05, 4.69) is 60.2 Å². The van der Waals surface area contributed by atoms with Gasteiger partial charge in [0.05, 0.1) is 13.1 Å². The first-order valence-electron chi connectivity index (χ1n) is 13.9. The summed E-state index contributed by atoms with van der Waals surface area (Å²) in [6.07, 6.45) is 10.8. The molecule has 1 spiro atoms. The lowest BCUT2D eigenvalue weighted by Crippen LogP contribution is -2.41. The van der Waals surface area contributed by atoms with Gasteiger partial charge in [0, 0.05) is 54.9 Å². The molecule has 3 aromatic heterocycles. The summed E-state index contributed by atoms with van der Waals surface area (Å²) in [6.45, 7) is 9.81. The molecule has 1 aromatic carbocycles. The van der Waals surface area contributed by atoms with E-state index in [1.807, 2.05) is 23.5 Å². The molecular formula is C30H37N7OS. The predicted molar refractivity (Wildman–Crippen MR) is 153 cm³/mol. The van der Waals surface area contributed by atoms with Gasteiger partial charge in [-0.2, -0.15) is 0 Å². The molecule has 8 nitrogen and oxygen atoms in total. The lowest BCUT2D eigenvalue weighted by atomic mass is 9.78. The number of H-pyrrole nitrogens is 2. The highest BCUT2D eigenvalue weighted by molar-refractivity contribution is 7.10. The summed E-state index contributed by atoms with van der Waals surface area (Å²) >= 11 is 1.89. The number of carbonyl (C=O) groups excluding carboxylic acids is 1. The van der Waals surface area contributed by atoms with Crippen LogP contribution in [0.4, 0.5) is 0 Å². The van der Waals surface area contributed by atoms with Crippen LogP contribution in [0.5, 0.6) is 0 Å². The lowest BCUT2D eigenvalue weighted by molar-refractivity contribution is 0.0721. The molecular weight excluding hydrogens is 506 g/mol. The number of aryl methyl sites for hydroxylation is 1. The monoisotopic (exact) mass is 543 g/mol. The summed E-state index contributed by atoms with van der Waals surface area (Å²) in [5, 5.41) is 2.21. The number of hydrogen-bond donors (Lipinski definition) is 2. The zero-order valence-electron chi connectivity index (χ0n) is 22.6. The molecule has 0 atom stereocenters. The highest BCUT2D eigenvalue weighted by atomic mass is 32.1. The molecule has 2 aliphatic rings. The Balaban J connectivity index is 1.03. The maximum Gasteiger partial charge on any atom is 0.254 e. The second-order valence-corrected chi connectivity index (χ2v) is 12.2. The van der Waals surface area contributed by atoms with Crippen molar-refractivity contribution in [3.8, 4) is 0 Å². The summed E-state index contributed by atoms with van der Waals surface area (Å²) in [6, 6.07) is 10.4. The molecule has 39 heavy (non-hydrogen) atoms. The van der Waals surface area contributed by atoms with Crippen LogP contribution in [0.1, 0.15) is 57.3 Å². The Labute approximate surface area is 234 Å². The smallest absolute Gasteiger partial charge is 0.254 e. The Morgan fingerprint density at radius 2 is 1.56 bits per heavy atom. The molecule has 204 valence electrons. The minimum atomic E-state index is -0.0287. The first kappa shape index (κ1) is 26.0. The van der Waals surface area contributed by atoms with E-state index in [-0.39, 0.29) is 5.91 Å². The number of carbonyl (C=O) groups is 1. The van der Waals surface area contributed by atoms with Crippen molar-refractivity contribution >= 4 is 17.2 Å². The number of piperidine rings is 1.